The van der Waals surface area contributed by atoms with Crippen molar-refractivity contribution in [1.82, 2.24) is 25.9 Å². The molecule has 0 bridgehead atoms. The van der Waals surface area contributed by atoms with Crippen LogP contribution in [0.15, 0.2) is 12.5 Å². The van der Waals surface area contributed by atoms with Crippen LogP contribution in [0.5, 0.6) is 0 Å². The van der Waals surface area contributed by atoms with Gasteiger partial charge in [0.25, 0.3) is 0 Å². The fraction of sp³-hybridized carbons (Fsp3) is 0.611. The Morgan fingerprint density at radius 3 is 2.35 bits per heavy atom. The van der Waals surface area contributed by atoms with E-state index in [4.69, 9.17) is 10.8 Å². The molecule has 174 valence electrons. The maximum Gasteiger partial charge on any atom is 0.325 e. The zero-order valence-electron chi connectivity index (χ0n) is 17.6. The SMILES string of the molecule is CSCCC(NC(=O)C(NC(=O)C(N)Cc1cnc[nH]1)C(C)O)C(=O)NC(C)C(=O)O. The topological polar surface area (TPSA) is 200 Å². The highest BCUT2D eigenvalue weighted by Gasteiger charge is 2.31. The minimum absolute atomic E-state index is 0.145. The van der Waals surface area contributed by atoms with E-state index < -0.39 is 54.0 Å². The second kappa shape index (κ2) is 12.9. The van der Waals surface area contributed by atoms with E-state index in [1.54, 1.807) is 0 Å². The van der Waals surface area contributed by atoms with Crippen molar-refractivity contribution < 1.29 is 29.4 Å². The Hall–Kier alpha value is -2.64. The predicted molar refractivity (Wildman–Crippen MR) is 114 cm³/mol. The third kappa shape index (κ3) is 8.94. The summed E-state index contributed by atoms with van der Waals surface area (Å²) in [4.78, 5) is 55.2. The highest BCUT2D eigenvalue weighted by molar-refractivity contribution is 7.98. The Morgan fingerprint density at radius 1 is 1.16 bits per heavy atom. The number of imidazole rings is 1. The summed E-state index contributed by atoms with van der Waals surface area (Å²) in [6.07, 6.45) is 3.87. The van der Waals surface area contributed by atoms with Gasteiger partial charge in [0.15, 0.2) is 0 Å². The molecule has 0 aliphatic heterocycles. The lowest BCUT2D eigenvalue weighted by molar-refractivity contribution is -0.142. The van der Waals surface area contributed by atoms with Gasteiger partial charge in [0.1, 0.15) is 18.1 Å². The van der Waals surface area contributed by atoms with Crippen LogP contribution < -0.4 is 21.7 Å². The molecule has 0 saturated carbocycles. The van der Waals surface area contributed by atoms with Crippen LogP contribution in [-0.2, 0) is 25.6 Å². The second-order valence-corrected chi connectivity index (χ2v) is 8.01. The number of aliphatic hydroxyl groups is 1. The van der Waals surface area contributed by atoms with Crippen LogP contribution in [0.1, 0.15) is 26.0 Å². The molecule has 0 fully saturated rings. The Labute approximate surface area is 184 Å². The maximum absolute atomic E-state index is 12.7. The molecule has 1 aromatic rings. The molecule has 0 saturated heterocycles. The number of aliphatic carboxylic acids is 1. The quantitative estimate of drug-likeness (QED) is 0.174. The zero-order chi connectivity index (χ0) is 23.6. The number of H-pyrrole nitrogens is 1. The third-order valence-corrected chi connectivity index (χ3v) is 5.01. The van der Waals surface area contributed by atoms with Gasteiger partial charge in [0.05, 0.1) is 18.5 Å². The summed E-state index contributed by atoms with van der Waals surface area (Å²) in [6.45, 7) is 2.61. The van der Waals surface area contributed by atoms with Crippen LogP contribution in [0.3, 0.4) is 0 Å². The van der Waals surface area contributed by atoms with Gasteiger partial charge >= 0.3 is 5.97 Å². The van der Waals surface area contributed by atoms with Crippen molar-refractivity contribution in [1.29, 1.82) is 0 Å². The van der Waals surface area contributed by atoms with Gasteiger partial charge in [-0.05, 0) is 32.3 Å². The Bertz CT molecular complexity index is 744. The molecular formula is C18H30N6O6S. The van der Waals surface area contributed by atoms with Gasteiger partial charge in [-0.25, -0.2) is 4.98 Å². The fourth-order valence-corrected chi connectivity index (χ4v) is 3.00. The molecule has 1 heterocycles. The number of hydrogen-bond donors (Lipinski definition) is 7. The summed E-state index contributed by atoms with van der Waals surface area (Å²) in [6, 6.07) is -4.55. The molecule has 12 nitrogen and oxygen atoms in total. The van der Waals surface area contributed by atoms with Crippen molar-refractivity contribution in [3.63, 3.8) is 0 Å². The van der Waals surface area contributed by atoms with Crippen LogP contribution in [0.25, 0.3) is 0 Å². The van der Waals surface area contributed by atoms with E-state index in [2.05, 4.69) is 25.9 Å². The summed E-state index contributed by atoms with van der Waals surface area (Å²) in [7, 11) is 0. The fourth-order valence-electron chi connectivity index (χ4n) is 2.53. The molecule has 13 heteroatoms. The largest absolute Gasteiger partial charge is 0.480 e. The van der Waals surface area contributed by atoms with Crippen LogP contribution >= 0.6 is 11.8 Å². The molecule has 8 N–H and O–H groups in total. The van der Waals surface area contributed by atoms with E-state index in [1.165, 1.54) is 38.1 Å². The molecule has 0 aromatic carbocycles. The van der Waals surface area contributed by atoms with E-state index >= 15 is 0 Å². The van der Waals surface area contributed by atoms with Gasteiger partial charge in [0.2, 0.25) is 17.7 Å². The van der Waals surface area contributed by atoms with Crippen molar-refractivity contribution in [2.24, 2.45) is 5.73 Å². The molecule has 31 heavy (non-hydrogen) atoms. The predicted octanol–water partition coefficient (Wildman–Crippen LogP) is -2.03. The summed E-state index contributed by atoms with van der Waals surface area (Å²) in [5.41, 5.74) is 6.49. The number of thioether (sulfide) groups is 1. The van der Waals surface area contributed by atoms with Crippen molar-refractivity contribution in [2.45, 2.75) is 57.0 Å². The molecule has 1 rings (SSSR count). The van der Waals surface area contributed by atoms with Crippen LogP contribution in [0.4, 0.5) is 0 Å². The van der Waals surface area contributed by atoms with Gasteiger partial charge < -0.3 is 36.9 Å². The first kappa shape index (κ1) is 26.4. The Morgan fingerprint density at radius 2 is 1.84 bits per heavy atom. The number of aromatic nitrogens is 2. The smallest absolute Gasteiger partial charge is 0.325 e. The molecule has 0 spiro atoms. The first-order valence-corrected chi connectivity index (χ1v) is 11.0. The number of carboxylic acids is 1. The maximum atomic E-state index is 12.7. The average molecular weight is 459 g/mol. The molecule has 0 aliphatic carbocycles. The first-order chi connectivity index (χ1) is 14.6. The minimum Gasteiger partial charge on any atom is -0.480 e. The van der Waals surface area contributed by atoms with E-state index in [-0.39, 0.29) is 12.8 Å². The number of aliphatic hydroxyl groups excluding tert-OH is 1. The first-order valence-electron chi connectivity index (χ1n) is 9.60. The lowest BCUT2D eigenvalue weighted by Crippen LogP contribution is -2.59. The van der Waals surface area contributed by atoms with Crippen molar-refractivity contribution >= 4 is 35.5 Å². The molecule has 5 unspecified atom stereocenters. The highest BCUT2D eigenvalue weighted by atomic mass is 32.2. The monoisotopic (exact) mass is 458 g/mol. The van der Waals surface area contributed by atoms with Gasteiger partial charge in [-0.15, -0.1) is 0 Å². The van der Waals surface area contributed by atoms with Gasteiger partial charge in [-0.3, -0.25) is 19.2 Å². The number of rotatable bonds is 13. The van der Waals surface area contributed by atoms with E-state index in [0.717, 1.165) is 0 Å². The van der Waals surface area contributed by atoms with Crippen molar-refractivity contribution in [3.8, 4) is 0 Å². The molecule has 3 amide bonds. The Balaban J connectivity index is 2.81. The zero-order valence-corrected chi connectivity index (χ0v) is 18.4. The van der Waals surface area contributed by atoms with E-state index in [0.29, 0.717) is 11.4 Å². The van der Waals surface area contributed by atoms with E-state index in [9.17, 15) is 24.3 Å². The molecule has 5 atom stereocenters. The number of nitrogens with one attached hydrogen (secondary N) is 4. The standard InChI is InChI=1S/C18H30N6O6S/c1-9(18(29)30)22-16(27)13(4-5-31-3)23-17(28)14(10(2)25)24-15(26)12(19)6-11-7-20-8-21-11/h7-10,12-14,25H,4-6,19H2,1-3H3,(H,20,21)(H,22,27)(H,23,28)(H,24,26)(H,29,30). The summed E-state index contributed by atoms with van der Waals surface area (Å²) in [5, 5.41) is 26.1. The van der Waals surface area contributed by atoms with Gasteiger partial charge in [-0.2, -0.15) is 11.8 Å². The lowest BCUT2D eigenvalue weighted by Gasteiger charge is -2.26. The molecular weight excluding hydrogens is 428 g/mol. The molecule has 0 aliphatic rings. The third-order valence-electron chi connectivity index (χ3n) is 4.37. The van der Waals surface area contributed by atoms with Crippen molar-refractivity contribution in [3.05, 3.63) is 18.2 Å². The number of carboxylic acid groups (broad SMARTS) is 1. The number of carbonyl (C=O) groups is 4. The van der Waals surface area contributed by atoms with Gasteiger partial charge in [0, 0.05) is 18.3 Å². The second-order valence-electron chi connectivity index (χ2n) is 7.03. The lowest BCUT2D eigenvalue weighted by atomic mass is 10.1. The number of carbonyl (C=O) groups excluding carboxylic acids is 3. The number of nitrogens with zero attached hydrogens (tertiary/aromatic N) is 1. The summed E-state index contributed by atoms with van der Waals surface area (Å²) in [5.74, 6) is -2.84. The van der Waals surface area contributed by atoms with Crippen LogP contribution in [0.2, 0.25) is 0 Å². The normalized spacial score (nSPS) is 15.8. The highest BCUT2D eigenvalue weighted by Crippen LogP contribution is 2.04. The number of amides is 3. The average Bonchev–Trinajstić information content (AvgIpc) is 3.21. The van der Waals surface area contributed by atoms with Crippen LogP contribution in [0, 0.1) is 0 Å². The van der Waals surface area contributed by atoms with Crippen molar-refractivity contribution in [2.75, 3.05) is 12.0 Å². The molecule has 0 radical (unpaired) electrons. The Kier molecular flexibility index (Phi) is 11.0. The summed E-state index contributed by atoms with van der Waals surface area (Å²) < 4.78 is 0. The molecule has 1 aromatic heterocycles. The number of hydrogen-bond acceptors (Lipinski definition) is 8. The number of nitrogens with two attached hydrogens (primary N) is 1. The number of aromatic amines is 1. The van der Waals surface area contributed by atoms with Gasteiger partial charge in [-0.1, -0.05) is 0 Å². The van der Waals surface area contributed by atoms with E-state index in [1.807, 2.05) is 6.26 Å². The minimum atomic E-state index is -1.36. The summed E-state index contributed by atoms with van der Waals surface area (Å²) >= 11 is 1.44. The van der Waals surface area contributed by atoms with Crippen LogP contribution in [-0.4, -0.2) is 86.2 Å².